The molecule has 0 aliphatic carbocycles. The van der Waals surface area contributed by atoms with Crippen LogP contribution in [0.25, 0.3) is 0 Å². The number of nitrogens with one attached hydrogen (secondary N) is 3. The molecule has 0 spiro atoms. The van der Waals surface area contributed by atoms with E-state index < -0.39 is 0 Å². The van der Waals surface area contributed by atoms with Gasteiger partial charge in [0.05, 0.1) is 32.5 Å². The Balaban J connectivity index is 1.53. The minimum Gasteiger partial charge on any atom is -0.497 e. The summed E-state index contributed by atoms with van der Waals surface area (Å²) in [7, 11) is 3.39. The molecule has 30 heavy (non-hydrogen) atoms. The first-order valence-electron chi connectivity index (χ1n) is 10.3. The SMILES string of the molecule is CN=C(NCC(=O)NCc1ccco1)NCC(c1cccc(OC)c1)N1CCCC1. The molecule has 8 nitrogen and oxygen atoms in total. The fourth-order valence-corrected chi connectivity index (χ4v) is 3.60. The Morgan fingerprint density at radius 2 is 2.03 bits per heavy atom. The quantitative estimate of drug-likeness (QED) is 0.430. The summed E-state index contributed by atoms with van der Waals surface area (Å²) >= 11 is 0. The van der Waals surface area contributed by atoms with Gasteiger partial charge in [-0.15, -0.1) is 0 Å². The first-order valence-corrected chi connectivity index (χ1v) is 10.3. The zero-order valence-electron chi connectivity index (χ0n) is 17.7. The summed E-state index contributed by atoms with van der Waals surface area (Å²) < 4.78 is 10.6. The summed E-state index contributed by atoms with van der Waals surface area (Å²) in [6.07, 6.45) is 4.01. The third-order valence-electron chi connectivity index (χ3n) is 5.20. The van der Waals surface area contributed by atoms with Crippen molar-refractivity contribution < 1.29 is 13.9 Å². The van der Waals surface area contributed by atoms with E-state index in [0.717, 1.165) is 24.6 Å². The lowest BCUT2D eigenvalue weighted by Crippen LogP contribution is -2.45. The summed E-state index contributed by atoms with van der Waals surface area (Å²) in [5.74, 6) is 2.04. The maximum atomic E-state index is 12.1. The van der Waals surface area contributed by atoms with Gasteiger partial charge < -0.3 is 25.1 Å². The number of methoxy groups -OCH3 is 1. The second kappa shape index (κ2) is 11.3. The van der Waals surface area contributed by atoms with E-state index in [9.17, 15) is 4.79 Å². The topological polar surface area (TPSA) is 91.1 Å². The highest BCUT2D eigenvalue weighted by Gasteiger charge is 2.24. The third kappa shape index (κ3) is 6.25. The first-order chi connectivity index (χ1) is 14.7. The summed E-state index contributed by atoms with van der Waals surface area (Å²) in [4.78, 5) is 18.8. The molecule has 1 aromatic heterocycles. The molecule has 1 saturated heterocycles. The van der Waals surface area contributed by atoms with E-state index in [2.05, 4.69) is 38.0 Å². The molecule has 1 amide bonds. The number of amides is 1. The fraction of sp³-hybridized carbons (Fsp3) is 0.455. The summed E-state index contributed by atoms with van der Waals surface area (Å²) in [5.41, 5.74) is 1.20. The standard InChI is InChI=1S/C22H31N5O3/c1-23-22(26-16-21(28)24-14-19-9-6-12-30-19)25-15-20(27-10-3-4-11-27)17-7-5-8-18(13-17)29-2/h5-9,12-13,20H,3-4,10-11,14-16H2,1-2H3,(H,24,28)(H2,23,25,26). The van der Waals surface area contributed by atoms with Gasteiger partial charge in [0.2, 0.25) is 5.91 Å². The van der Waals surface area contributed by atoms with Crippen molar-refractivity contribution >= 4 is 11.9 Å². The Hall–Kier alpha value is -3.00. The Kier molecular flexibility index (Phi) is 8.14. The highest BCUT2D eigenvalue weighted by Crippen LogP contribution is 2.27. The molecular weight excluding hydrogens is 382 g/mol. The lowest BCUT2D eigenvalue weighted by atomic mass is 10.1. The summed E-state index contributed by atoms with van der Waals surface area (Å²) in [6, 6.07) is 12.0. The smallest absolute Gasteiger partial charge is 0.239 e. The molecule has 1 aromatic carbocycles. The number of aliphatic imine (C=N–C) groups is 1. The van der Waals surface area contributed by atoms with Gasteiger partial charge >= 0.3 is 0 Å². The highest BCUT2D eigenvalue weighted by atomic mass is 16.5. The molecule has 8 heteroatoms. The van der Waals surface area contributed by atoms with Gasteiger partial charge in [-0.3, -0.25) is 14.7 Å². The van der Waals surface area contributed by atoms with Crippen LogP contribution in [0.2, 0.25) is 0 Å². The molecule has 162 valence electrons. The first kappa shape index (κ1) is 21.7. The molecule has 0 radical (unpaired) electrons. The van der Waals surface area contributed by atoms with Gasteiger partial charge in [0, 0.05) is 13.6 Å². The molecule has 1 unspecified atom stereocenters. The van der Waals surface area contributed by atoms with Crippen LogP contribution in [0.15, 0.2) is 52.1 Å². The molecule has 1 aliphatic heterocycles. The molecule has 3 N–H and O–H groups in total. The third-order valence-corrected chi connectivity index (χ3v) is 5.20. The molecular formula is C22H31N5O3. The Labute approximate surface area is 177 Å². The normalized spacial score (nSPS) is 15.6. The number of carbonyl (C=O) groups excluding carboxylic acids is 1. The van der Waals surface area contributed by atoms with E-state index in [-0.39, 0.29) is 18.5 Å². The fourth-order valence-electron chi connectivity index (χ4n) is 3.60. The summed E-state index contributed by atoms with van der Waals surface area (Å²) in [5, 5.41) is 9.25. The van der Waals surface area contributed by atoms with Crippen molar-refractivity contribution in [3.8, 4) is 5.75 Å². The average Bonchev–Trinajstić information content (AvgIpc) is 3.49. The lowest BCUT2D eigenvalue weighted by molar-refractivity contribution is -0.120. The van der Waals surface area contributed by atoms with Gasteiger partial charge in [0.25, 0.3) is 0 Å². The van der Waals surface area contributed by atoms with E-state index in [1.54, 1.807) is 26.5 Å². The van der Waals surface area contributed by atoms with Gasteiger partial charge in [-0.05, 0) is 55.8 Å². The van der Waals surface area contributed by atoms with Gasteiger partial charge in [-0.2, -0.15) is 0 Å². The van der Waals surface area contributed by atoms with E-state index in [1.165, 1.54) is 18.4 Å². The number of hydrogen-bond donors (Lipinski definition) is 3. The number of guanidine groups is 1. The number of nitrogens with zero attached hydrogens (tertiary/aromatic N) is 2. The van der Waals surface area contributed by atoms with Crippen LogP contribution in [0.1, 0.15) is 30.2 Å². The largest absolute Gasteiger partial charge is 0.497 e. The second-order valence-corrected chi connectivity index (χ2v) is 7.20. The van der Waals surface area contributed by atoms with Crippen molar-refractivity contribution in [3.63, 3.8) is 0 Å². The van der Waals surface area contributed by atoms with Crippen molar-refractivity contribution in [2.75, 3.05) is 40.3 Å². The van der Waals surface area contributed by atoms with E-state index in [4.69, 9.17) is 9.15 Å². The van der Waals surface area contributed by atoms with Crippen LogP contribution in [0.4, 0.5) is 0 Å². The molecule has 1 atom stereocenters. The Bertz CT molecular complexity index is 816. The van der Waals surface area contributed by atoms with E-state index in [0.29, 0.717) is 19.0 Å². The van der Waals surface area contributed by atoms with Gasteiger partial charge in [0.15, 0.2) is 5.96 Å². The molecule has 3 rings (SSSR count). The number of ether oxygens (including phenoxy) is 1. The van der Waals surface area contributed by atoms with Crippen LogP contribution >= 0.6 is 0 Å². The zero-order valence-corrected chi connectivity index (χ0v) is 17.7. The van der Waals surface area contributed by atoms with Gasteiger partial charge in [-0.1, -0.05) is 12.1 Å². The van der Waals surface area contributed by atoms with Crippen molar-refractivity contribution in [3.05, 3.63) is 54.0 Å². The van der Waals surface area contributed by atoms with Gasteiger partial charge in [-0.25, -0.2) is 0 Å². The molecule has 2 aromatic rings. The number of likely N-dealkylation sites (tertiary alicyclic amines) is 1. The van der Waals surface area contributed by atoms with Crippen LogP contribution in [0.3, 0.4) is 0 Å². The maximum Gasteiger partial charge on any atom is 0.239 e. The molecule has 1 aliphatic rings. The van der Waals surface area contributed by atoms with Crippen molar-refractivity contribution in [2.45, 2.75) is 25.4 Å². The van der Waals surface area contributed by atoms with Crippen LogP contribution in [0.5, 0.6) is 5.75 Å². The van der Waals surface area contributed by atoms with Gasteiger partial charge in [0.1, 0.15) is 11.5 Å². The number of furan rings is 1. The van der Waals surface area contributed by atoms with Crippen LogP contribution < -0.4 is 20.7 Å². The average molecular weight is 414 g/mol. The van der Waals surface area contributed by atoms with Crippen molar-refractivity contribution in [1.82, 2.24) is 20.9 Å². The van der Waals surface area contributed by atoms with E-state index >= 15 is 0 Å². The van der Waals surface area contributed by atoms with Crippen molar-refractivity contribution in [2.24, 2.45) is 4.99 Å². The molecule has 0 bridgehead atoms. The van der Waals surface area contributed by atoms with Crippen LogP contribution in [-0.4, -0.2) is 57.1 Å². The number of hydrogen-bond acceptors (Lipinski definition) is 5. The number of benzene rings is 1. The second-order valence-electron chi connectivity index (χ2n) is 7.20. The monoisotopic (exact) mass is 413 g/mol. The predicted octanol–water partition coefficient (Wildman–Crippen LogP) is 1.91. The van der Waals surface area contributed by atoms with Crippen molar-refractivity contribution in [1.29, 1.82) is 0 Å². The number of rotatable bonds is 9. The molecule has 2 heterocycles. The van der Waals surface area contributed by atoms with Crippen LogP contribution in [-0.2, 0) is 11.3 Å². The molecule has 0 saturated carbocycles. The Morgan fingerprint density at radius 1 is 1.20 bits per heavy atom. The van der Waals surface area contributed by atoms with E-state index in [1.807, 2.05) is 18.2 Å². The Morgan fingerprint density at radius 3 is 2.73 bits per heavy atom. The zero-order chi connectivity index (χ0) is 21.2. The highest BCUT2D eigenvalue weighted by molar-refractivity contribution is 5.86. The van der Waals surface area contributed by atoms with Crippen LogP contribution in [0, 0.1) is 0 Å². The summed E-state index contributed by atoms with van der Waals surface area (Å²) in [6.45, 7) is 3.33. The minimum atomic E-state index is -0.127. The predicted molar refractivity (Wildman–Crippen MR) is 116 cm³/mol. The number of carbonyl (C=O) groups is 1. The minimum absolute atomic E-state index is 0.127. The lowest BCUT2D eigenvalue weighted by Gasteiger charge is -2.29. The molecule has 1 fully saturated rings. The maximum absolute atomic E-state index is 12.1.